The molecule has 1 aromatic carbocycles. The molecule has 0 aliphatic carbocycles. The normalized spacial score (nSPS) is 19.9. The van der Waals surface area contributed by atoms with Gasteiger partial charge in [0, 0.05) is 38.0 Å². The van der Waals surface area contributed by atoms with Gasteiger partial charge in [0.2, 0.25) is 5.91 Å². The van der Waals surface area contributed by atoms with E-state index in [4.69, 9.17) is 4.74 Å². The quantitative estimate of drug-likeness (QED) is 0.712. The average Bonchev–Trinajstić information content (AvgIpc) is 3.28. The smallest absolute Gasteiger partial charge is 0.257 e. The van der Waals surface area contributed by atoms with Gasteiger partial charge in [-0.3, -0.25) is 9.59 Å². The lowest BCUT2D eigenvalue weighted by molar-refractivity contribution is -0.137. The van der Waals surface area contributed by atoms with E-state index in [1.54, 1.807) is 0 Å². The third kappa shape index (κ3) is 4.86. The number of hydrogen-bond acceptors (Lipinski definition) is 3. The van der Waals surface area contributed by atoms with Gasteiger partial charge in [0.1, 0.15) is 5.75 Å². The average molecular weight is 387 g/mol. The molecular weight excluding hydrogens is 352 g/mol. The summed E-state index contributed by atoms with van der Waals surface area (Å²) in [5.41, 5.74) is 0.658. The number of carbonyl (C=O) groups excluding carboxylic acids is 2. The Morgan fingerprint density at radius 2 is 1.71 bits per heavy atom. The third-order valence-electron chi connectivity index (χ3n) is 6.15. The van der Waals surface area contributed by atoms with Crippen molar-refractivity contribution < 1.29 is 14.3 Å². The van der Waals surface area contributed by atoms with Crippen molar-refractivity contribution in [1.29, 1.82) is 0 Å². The molecule has 2 saturated heterocycles. The molecule has 0 N–H and O–H groups in total. The number of likely N-dealkylation sites (tertiary alicyclic amines) is 2. The van der Waals surface area contributed by atoms with Crippen LogP contribution in [0.5, 0.6) is 5.75 Å². The van der Waals surface area contributed by atoms with Crippen LogP contribution in [0.15, 0.2) is 24.3 Å². The molecular formula is C23H34N2O3. The van der Waals surface area contributed by atoms with E-state index in [9.17, 15) is 9.59 Å². The number of benzene rings is 1. The Morgan fingerprint density at radius 1 is 1.04 bits per heavy atom. The molecule has 5 nitrogen and oxygen atoms in total. The lowest BCUT2D eigenvalue weighted by Gasteiger charge is -2.34. The second kappa shape index (κ2) is 9.94. The van der Waals surface area contributed by atoms with Gasteiger partial charge in [-0.1, -0.05) is 26.0 Å². The van der Waals surface area contributed by atoms with Gasteiger partial charge in [-0.25, -0.2) is 0 Å². The second-order valence-electron chi connectivity index (χ2n) is 8.11. The van der Waals surface area contributed by atoms with E-state index >= 15 is 0 Å². The van der Waals surface area contributed by atoms with Gasteiger partial charge < -0.3 is 14.5 Å². The maximum atomic E-state index is 12.8. The van der Waals surface area contributed by atoms with Gasteiger partial charge in [0.15, 0.2) is 0 Å². The number of rotatable bonds is 7. The Balaban J connectivity index is 1.59. The fraction of sp³-hybridized carbons (Fsp3) is 0.652. The molecule has 2 fully saturated rings. The summed E-state index contributed by atoms with van der Waals surface area (Å²) in [6.45, 7) is 8.02. The van der Waals surface area contributed by atoms with Crippen LogP contribution in [0.25, 0.3) is 0 Å². The van der Waals surface area contributed by atoms with Crippen molar-refractivity contribution in [2.75, 3.05) is 32.8 Å². The minimum Gasteiger partial charge on any atom is -0.492 e. The molecule has 28 heavy (non-hydrogen) atoms. The Labute approximate surface area is 169 Å². The van der Waals surface area contributed by atoms with Crippen molar-refractivity contribution in [3.8, 4) is 5.75 Å². The highest BCUT2D eigenvalue weighted by Gasteiger charge is 2.28. The lowest BCUT2D eigenvalue weighted by Crippen LogP contribution is -2.44. The minimum atomic E-state index is 0.0716. The SMILES string of the molecule is CCC(CC)C(=O)N1CCCC(COc2ccccc2C(=O)N2CCCC2)C1. The topological polar surface area (TPSA) is 49.9 Å². The van der Waals surface area contributed by atoms with Crippen molar-refractivity contribution in [1.82, 2.24) is 9.80 Å². The predicted molar refractivity (Wildman–Crippen MR) is 110 cm³/mol. The molecule has 0 radical (unpaired) electrons. The molecule has 0 spiro atoms. The van der Waals surface area contributed by atoms with E-state index in [2.05, 4.69) is 13.8 Å². The zero-order valence-electron chi connectivity index (χ0n) is 17.4. The summed E-state index contributed by atoms with van der Waals surface area (Å²) in [5.74, 6) is 1.49. The van der Waals surface area contributed by atoms with Gasteiger partial charge in [0.25, 0.3) is 5.91 Å². The van der Waals surface area contributed by atoms with Crippen LogP contribution >= 0.6 is 0 Å². The summed E-state index contributed by atoms with van der Waals surface area (Å²) in [6.07, 6.45) is 6.05. The van der Waals surface area contributed by atoms with Crippen LogP contribution in [0.3, 0.4) is 0 Å². The molecule has 2 aliphatic rings. The van der Waals surface area contributed by atoms with E-state index in [1.165, 1.54) is 0 Å². The number of hydrogen-bond donors (Lipinski definition) is 0. The fourth-order valence-electron chi connectivity index (χ4n) is 4.36. The van der Waals surface area contributed by atoms with Crippen molar-refractivity contribution in [2.24, 2.45) is 11.8 Å². The predicted octanol–water partition coefficient (Wildman–Crippen LogP) is 3.98. The van der Waals surface area contributed by atoms with Crippen LogP contribution in [0.4, 0.5) is 0 Å². The van der Waals surface area contributed by atoms with Crippen LogP contribution in [-0.4, -0.2) is 54.4 Å². The summed E-state index contributed by atoms with van der Waals surface area (Å²) in [6, 6.07) is 7.56. The minimum absolute atomic E-state index is 0.0716. The number of para-hydroxylation sites is 1. The van der Waals surface area contributed by atoms with E-state index in [-0.39, 0.29) is 11.8 Å². The second-order valence-corrected chi connectivity index (χ2v) is 8.11. The molecule has 5 heteroatoms. The van der Waals surface area contributed by atoms with Crippen molar-refractivity contribution in [3.63, 3.8) is 0 Å². The van der Waals surface area contributed by atoms with Gasteiger partial charge in [-0.15, -0.1) is 0 Å². The summed E-state index contributed by atoms with van der Waals surface area (Å²) in [4.78, 5) is 29.4. The van der Waals surface area contributed by atoms with Gasteiger partial charge in [-0.05, 0) is 50.7 Å². The van der Waals surface area contributed by atoms with E-state index in [1.807, 2.05) is 34.1 Å². The van der Waals surface area contributed by atoms with Crippen LogP contribution in [0.1, 0.15) is 62.7 Å². The number of ether oxygens (including phenoxy) is 1. The molecule has 1 atom stereocenters. The van der Waals surface area contributed by atoms with Crippen LogP contribution < -0.4 is 4.74 Å². The third-order valence-corrected chi connectivity index (χ3v) is 6.15. The fourth-order valence-corrected chi connectivity index (χ4v) is 4.36. The molecule has 0 aromatic heterocycles. The molecule has 1 unspecified atom stereocenters. The molecule has 2 heterocycles. The summed E-state index contributed by atoms with van der Waals surface area (Å²) < 4.78 is 6.11. The van der Waals surface area contributed by atoms with Crippen molar-refractivity contribution >= 4 is 11.8 Å². The van der Waals surface area contributed by atoms with Crippen molar-refractivity contribution in [3.05, 3.63) is 29.8 Å². The first-order chi connectivity index (χ1) is 13.6. The standard InChI is InChI=1S/C23H34N2O3/c1-3-19(4-2)22(26)25-15-9-10-18(16-25)17-28-21-12-6-5-11-20(21)23(27)24-13-7-8-14-24/h5-6,11-12,18-19H,3-4,7-10,13-17H2,1-2H3. The summed E-state index contributed by atoms with van der Waals surface area (Å²) in [7, 11) is 0. The van der Waals surface area contributed by atoms with Gasteiger partial charge in [-0.2, -0.15) is 0 Å². The maximum absolute atomic E-state index is 12.8. The Hall–Kier alpha value is -2.04. The first-order valence-corrected chi connectivity index (χ1v) is 10.9. The monoisotopic (exact) mass is 386 g/mol. The molecule has 2 amide bonds. The lowest BCUT2D eigenvalue weighted by atomic mass is 9.95. The van der Waals surface area contributed by atoms with Gasteiger partial charge >= 0.3 is 0 Å². The van der Waals surface area contributed by atoms with Crippen LogP contribution in [0.2, 0.25) is 0 Å². The van der Waals surface area contributed by atoms with E-state index in [0.717, 1.165) is 64.7 Å². The largest absolute Gasteiger partial charge is 0.492 e. The maximum Gasteiger partial charge on any atom is 0.257 e. The molecule has 2 aliphatic heterocycles. The molecule has 3 rings (SSSR count). The molecule has 154 valence electrons. The zero-order valence-corrected chi connectivity index (χ0v) is 17.4. The Bertz CT molecular complexity index is 666. The number of piperidine rings is 1. The first kappa shape index (κ1) is 20.7. The summed E-state index contributed by atoms with van der Waals surface area (Å²) >= 11 is 0. The highest BCUT2D eigenvalue weighted by atomic mass is 16.5. The number of carbonyl (C=O) groups is 2. The highest BCUT2D eigenvalue weighted by Crippen LogP contribution is 2.25. The molecule has 1 aromatic rings. The van der Waals surface area contributed by atoms with Crippen LogP contribution in [0, 0.1) is 11.8 Å². The Kier molecular flexibility index (Phi) is 7.35. The molecule has 0 bridgehead atoms. The summed E-state index contributed by atoms with van der Waals surface area (Å²) in [5, 5.41) is 0. The van der Waals surface area contributed by atoms with E-state index in [0.29, 0.717) is 29.7 Å². The first-order valence-electron chi connectivity index (χ1n) is 10.9. The van der Waals surface area contributed by atoms with E-state index < -0.39 is 0 Å². The molecule has 0 saturated carbocycles. The van der Waals surface area contributed by atoms with Gasteiger partial charge in [0.05, 0.1) is 12.2 Å². The van der Waals surface area contributed by atoms with Crippen LogP contribution in [-0.2, 0) is 4.79 Å². The number of nitrogens with zero attached hydrogens (tertiary/aromatic N) is 2. The Morgan fingerprint density at radius 3 is 2.43 bits per heavy atom. The highest BCUT2D eigenvalue weighted by molar-refractivity contribution is 5.97. The zero-order chi connectivity index (χ0) is 19.9. The number of amides is 2. The van der Waals surface area contributed by atoms with Crippen molar-refractivity contribution in [2.45, 2.75) is 52.4 Å².